The minimum Gasteiger partial charge on any atom is -0.368 e. The van der Waals surface area contributed by atoms with Crippen molar-refractivity contribution in [2.24, 2.45) is 5.73 Å². The molecule has 0 aliphatic carbocycles. The minimum absolute atomic E-state index is 0.260. The van der Waals surface area contributed by atoms with E-state index in [0.29, 0.717) is 0 Å². The van der Waals surface area contributed by atoms with E-state index in [2.05, 4.69) is 4.98 Å². The summed E-state index contributed by atoms with van der Waals surface area (Å²) < 4.78 is 0. The van der Waals surface area contributed by atoms with Crippen molar-refractivity contribution in [2.75, 3.05) is 11.4 Å². The number of amides is 1. The molecule has 1 aromatic heterocycles. The lowest BCUT2D eigenvalue weighted by molar-refractivity contribution is -0.122. The van der Waals surface area contributed by atoms with Crippen molar-refractivity contribution in [3.05, 3.63) is 24.5 Å². The van der Waals surface area contributed by atoms with Gasteiger partial charge in [0.2, 0.25) is 5.91 Å². The van der Waals surface area contributed by atoms with Gasteiger partial charge in [-0.15, -0.1) is 0 Å². The lowest BCUT2D eigenvalue weighted by atomic mass is 9.98. The molecule has 80 valence electrons. The predicted octanol–water partition coefficient (Wildman–Crippen LogP) is 0.926. The van der Waals surface area contributed by atoms with Gasteiger partial charge in [-0.2, -0.15) is 0 Å². The first-order valence-electron chi connectivity index (χ1n) is 5.12. The Morgan fingerprint density at radius 3 is 3.07 bits per heavy atom. The lowest BCUT2D eigenvalue weighted by Gasteiger charge is -2.33. The number of carbonyl (C=O) groups excluding carboxylic acids is 1. The molecule has 1 amide bonds. The average molecular weight is 205 g/mol. The summed E-state index contributed by atoms with van der Waals surface area (Å²) in [5, 5.41) is 0. The number of primary amides is 1. The standard InChI is InChI=1S/C11H15N3O/c1-11(10(12)15)5-3-7-14(11)9-4-2-6-13-8-9/h2,4,6,8H,3,5,7H2,1H3,(H2,12,15). The fourth-order valence-electron chi connectivity index (χ4n) is 2.15. The van der Waals surface area contributed by atoms with Gasteiger partial charge in [0.05, 0.1) is 11.9 Å². The van der Waals surface area contributed by atoms with Crippen molar-refractivity contribution < 1.29 is 4.79 Å². The van der Waals surface area contributed by atoms with Crippen LogP contribution in [-0.4, -0.2) is 23.0 Å². The molecule has 0 aromatic carbocycles. The molecular formula is C11H15N3O. The third-order valence-electron chi connectivity index (χ3n) is 3.13. The zero-order valence-corrected chi connectivity index (χ0v) is 8.81. The highest BCUT2D eigenvalue weighted by molar-refractivity contribution is 5.88. The van der Waals surface area contributed by atoms with E-state index in [-0.39, 0.29) is 5.91 Å². The summed E-state index contributed by atoms with van der Waals surface area (Å²) in [5.41, 5.74) is 5.87. The Morgan fingerprint density at radius 1 is 1.67 bits per heavy atom. The topological polar surface area (TPSA) is 59.2 Å². The van der Waals surface area contributed by atoms with Gasteiger partial charge in [-0.05, 0) is 31.9 Å². The Bertz CT molecular complexity index is 365. The van der Waals surface area contributed by atoms with E-state index in [0.717, 1.165) is 25.1 Å². The predicted molar refractivity (Wildman–Crippen MR) is 58.4 cm³/mol. The van der Waals surface area contributed by atoms with Crippen LogP contribution in [-0.2, 0) is 4.79 Å². The monoisotopic (exact) mass is 205 g/mol. The van der Waals surface area contributed by atoms with Crippen LogP contribution < -0.4 is 10.6 Å². The van der Waals surface area contributed by atoms with Crippen LogP contribution in [0.5, 0.6) is 0 Å². The second-order valence-electron chi connectivity index (χ2n) is 4.10. The molecule has 15 heavy (non-hydrogen) atoms. The van der Waals surface area contributed by atoms with Crippen LogP contribution in [0.4, 0.5) is 5.69 Å². The molecule has 1 aromatic rings. The van der Waals surface area contributed by atoms with Crippen LogP contribution in [0, 0.1) is 0 Å². The van der Waals surface area contributed by atoms with Gasteiger partial charge in [0.15, 0.2) is 0 Å². The Balaban J connectivity index is 2.34. The van der Waals surface area contributed by atoms with Crippen molar-refractivity contribution in [3.63, 3.8) is 0 Å². The normalized spacial score (nSPS) is 25.5. The molecular weight excluding hydrogens is 190 g/mol. The second-order valence-corrected chi connectivity index (χ2v) is 4.10. The fourth-order valence-corrected chi connectivity index (χ4v) is 2.15. The molecule has 0 saturated carbocycles. The van der Waals surface area contributed by atoms with Crippen LogP contribution in [0.2, 0.25) is 0 Å². The van der Waals surface area contributed by atoms with Crippen LogP contribution >= 0.6 is 0 Å². The van der Waals surface area contributed by atoms with E-state index in [1.165, 1.54) is 0 Å². The summed E-state index contributed by atoms with van der Waals surface area (Å²) in [6.45, 7) is 2.76. The molecule has 1 fully saturated rings. The number of hydrogen-bond acceptors (Lipinski definition) is 3. The number of aromatic nitrogens is 1. The van der Waals surface area contributed by atoms with Gasteiger partial charge < -0.3 is 10.6 Å². The number of pyridine rings is 1. The highest BCUT2D eigenvalue weighted by Gasteiger charge is 2.41. The molecule has 4 nitrogen and oxygen atoms in total. The maximum atomic E-state index is 11.5. The molecule has 1 aliphatic rings. The van der Waals surface area contributed by atoms with Crippen molar-refractivity contribution in [2.45, 2.75) is 25.3 Å². The molecule has 0 bridgehead atoms. The molecule has 2 N–H and O–H groups in total. The third-order valence-corrected chi connectivity index (χ3v) is 3.13. The van der Waals surface area contributed by atoms with Crippen LogP contribution in [0.3, 0.4) is 0 Å². The van der Waals surface area contributed by atoms with Crippen LogP contribution in [0.15, 0.2) is 24.5 Å². The van der Waals surface area contributed by atoms with E-state index in [1.54, 1.807) is 12.4 Å². The zero-order valence-electron chi connectivity index (χ0n) is 8.81. The van der Waals surface area contributed by atoms with E-state index >= 15 is 0 Å². The Labute approximate surface area is 89.1 Å². The Morgan fingerprint density at radius 2 is 2.47 bits per heavy atom. The van der Waals surface area contributed by atoms with Crippen molar-refractivity contribution in [1.82, 2.24) is 4.98 Å². The van der Waals surface area contributed by atoms with Crippen LogP contribution in [0.25, 0.3) is 0 Å². The van der Waals surface area contributed by atoms with Gasteiger partial charge in [-0.3, -0.25) is 9.78 Å². The molecule has 4 heteroatoms. The van der Waals surface area contributed by atoms with E-state index in [9.17, 15) is 4.79 Å². The molecule has 1 unspecified atom stereocenters. The van der Waals surface area contributed by atoms with E-state index in [1.807, 2.05) is 24.0 Å². The van der Waals surface area contributed by atoms with Gasteiger partial charge >= 0.3 is 0 Å². The second kappa shape index (κ2) is 3.53. The molecule has 1 atom stereocenters. The molecule has 1 aliphatic heterocycles. The Hall–Kier alpha value is -1.58. The number of nitrogens with zero attached hydrogens (tertiary/aromatic N) is 2. The number of anilines is 1. The van der Waals surface area contributed by atoms with Crippen molar-refractivity contribution >= 4 is 11.6 Å². The first-order chi connectivity index (χ1) is 7.14. The summed E-state index contributed by atoms with van der Waals surface area (Å²) >= 11 is 0. The SMILES string of the molecule is CC1(C(N)=O)CCCN1c1cccnc1. The molecule has 2 rings (SSSR count). The van der Waals surface area contributed by atoms with Gasteiger partial charge in [-0.25, -0.2) is 0 Å². The number of hydrogen-bond donors (Lipinski definition) is 1. The number of nitrogens with two attached hydrogens (primary N) is 1. The minimum atomic E-state index is -0.553. The first-order valence-corrected chi connectivity index (χ1v) is 5.12. The number of carbonyl (C=O) groups is 1. The summed E-state index contributed by atoms with van der Waals surface area (Å²) in [7, 11) is 0. The van der Waals surface area contributed by atoms with E-state index in [4.69, 9.17) is 5.73 Å². The maximum absolute atomic E-state index is 11.5. The first kappa shape index (κ1) is 9.96. The summed E-state index contributed by atoms with van der Waals surface area (Å²) in [5.74, 6) is -0.260. The molecule has 2 heterocycles. The molecule has 1 saturated heterocycles. The fraction of sp³-hybridized carbons (Fsp3) is 0.455. The zero-order chi connectivity index (χ0) is 10.9. The van der Waals surface area contributed by atoms with Crippen LogP contribution in [0.1, 0.15) is 19.8 Å². The number of rotatable bonds is 2. The third kappa shape index (κ3) is 1.56. The highest BCUT2D eigenvalue weighted by atomic mass is 16.1. The average Bonchev–Trinajstić information content (AvgIpc) is 2.63. The quantitative estimate of drug-likeness (QED) is 0.781. The maximum Gasteiger partial charge on any atom is 0.243 e. The summed E-state index contributed by atoms with van der Waals surface area (Å²) in [6, 6.07) is 3.83. The largest absolute Gasteiger partial charge is 0.368 e. The van der Waals surface area contributed by atoms with E-state index < -0.39 is 5.54 Å². The van der Waals surface area contributed by atoms with Crippen molar-refractivity contribution in [3.8, 4) is 0 Å². The summed E-state index contributed by atoms with van der Waals surface area (Å²) in [4.78, 5) is 17.6. The van der Waals surface area contributed by atoms with Gasteiger partial charge in [0.1, 0.15) is 5.54 Å². The van der Waals surface area contributed by atoms with Gasteiger partial charge in [0, 0.05) is 12.7 Å². The molecule has 0 spiro atoms. The highest BCUT2D eigenvalue weighted by Crippen LogP contribution is 2.33. The smallest absolute Gasteiger partial charge is 0.243 e. The van der Waals surface area contributed by atoms with Crippen molar-refractivity contribution in [1.29, 1.82) is 0 Å². The van der Waals surface area contributed by atoms with Gasteiger partial charge in [-0.1, -0.05) is 0 Å². The van der Waals surface area contributed by atoms with Gasteiger partial charge in [0.25, 0.3) is 0 Å². The Kier molecular flexibility index (Phi) is 2.34. The molecule has 0 radical (unpaired) electrons. The lowest BCUT2D eigenvalue weighted by Crippen LogP contribution is -2.51. The summed E-state index contributed by atoms with van der Waals surface area (Å²) in [6.07, 6.45) is 5.30.